The number of rotatable bonds is 2. The van der Waals surface area contributed by atoms with Gasteiger partial charge in [-0.2, -0.15) is 13.2 Å². The van der Waals surface area contributed by atoms with E-state index in [1.807, 2.05) is 0 Å². The van der Waals surface area contributed by atoms with Crippen molar-refractivity contribution in [1.29, 1.82) is 0 Å². The Morgan fingerprint density at radius 1 is 1.21 bits per heavy atom. The largest absolute Gasteiger partial charge is 0.416 e. The van der Waals surface area contributed by atoms with Crippen LogP contribution in [0.1, 0.15) is 15.9 Å². The molecule has 0 unspecified atom stereocenters. The number of amides is 1. The van der Waals surface area contributed by atoms with Gasteiger partial charge in [0.25, 0.3) is 5.91 Å². The molecule has 2 aromatic rings. The number of carbonyl (C=O) groups is 1. The van der Waals surface area contributed by atoms with Gasteiger partial charge in [0, 0.05) is 5.56 Å². The minimum atomic E-state index is -4.43. The van der Waals surface area contributed by atoms with Gasteiger partial charge in [-0.1, -0.05) is 11.3 Å². The summed E-state index contributed by atoms with van der Waals surface area (Å²) in [6.45, 7) is 0. The van der Waals surface area contributed by atoms with E-state index in [0.717, 1.165) is 35.6 Å². The lowest BCUT2D eigenvalue weighted by Gasteiger charge is -2.07. The number of benzene rings is 1. The van der Waals surface area contributed by atoms with Crippen LogP contribution in [0.3, 0.4) is 0 Å². The fourth-order valence-corrected chi connectivity index (χ4v) is 1.77. The first kappa shape index (κ1) is 13.3. The van der Waals surface area contributed by atoms with E-state index in [1.54, 1.807) is 0 Å². The minimum Gasteiger partial charge on any atom is -0.374 e. The molecule has 3 N–H and O–H groups in total. The second-order valence-electron chi connectivity index (χ2n) is 3.47. The van der Waals surface area contributed by atoms with Crippen molar-refractivity contribution in [2.75, 3.05) is 11.1 Å². The highest BCUT2D eigenvalue weighted by molar-refractivity contribution is 7.19. The zero-order chi connectivity index (χ0) is 14.0. The molecule has 0 radical (unpaired) electrons. The molecule has 1 aromatic carbocycles. The number of hydrogen-bond donors (Lipinski definition) is 2. The van der Waals surface area contributed by atoms with Crippen molar-refractivity contribution in [1.82, 2.24) is 10.2 Å². The Labute approximate surface area is 109 Å². The van der Waals surface area contributed by atoms with E-state index in [9.17, 15) is 18.0 Å². The Hall–Kier alpha value is -2.16. The third-order valence-corrected chi connectivity index (χ3v) is 2.80. The number of nitrogens with two attached hydrogens (primary N) is 1. The van der Waals surface area contributed by atoms with Crippen LogP contribution in [0.5, 0.6) is 0 Å². The predicted octanol–water partition coefficient (Wildman–Crippen LogP) is 2.39. The SMILES string of the molecule is Nc1nnc(NC(=O)c2ccc(C(F)(F)F)cc2)s1. The Bertz CT molecular complexity index is 594. The molecule has 0 aliphatic rings. The number of carbonyl (C=O) groups excluding carboxylic acids is 1. The minimum absolute atomic E-state index is 0.0850. The third-order valence-electron chi connectivity index (χ3n) is 2.14. The standard InChI is InChI=1S/C10H7F3N4OS/c11-10(12,13)6-3-1-5(2-4-6)7(18)15-9-17-16-8(14)19-9/h1-4H,(H2,14,16)(H,15,17,18). The van der Waals surface area contributed by atoms with Crippen molar-refractivity contribution < 1.29 is 18.0 Å². The van der Waals surface area contributed by atoms with Crippen LogP contribution in [0.15, 0.2) is 24.3 Å². The van der Waals surface area contributed by atoms with Crippen LogP contribution in [0.2, 0.25) is 0 Å². The Balaban J connectivity index is 2.12. The maximum absolute atomic E-state index is 12.3. The lowest BCUT2D eigenvalue weighted by atomic mass is 10.1. The molecule has 0 spiro atoms. The molecular weight excluding hydrogens is 281 g/mol. The molecule has 0 saturated carbocycles. The maximum Gasteiger partial charge on any atom is 0.416 e. The third kappa shape index (κ3) is 3.19. The summed E-state index contributed by atoms with van der Waals surface area (Å²) in [4.78, 5) is 11.7. The molecule has 9 heteroatoms. The summed E-state index contributed by atoms with van der Waals surface area (Å²) < 4.78 is 37.0. The molecule has 0 saturated heterocycles. The molecule has 2 rings (SSSR count). The number of alkyl halides is 3. The van der Waals surface area contributed by atoms with E-state index in [0.29, 0.717) is 0 Å². The van der Waals surface area contributed by atoms with E-state index in [1.165, 1.54) is 0 Å². The van der Waals surface area contributed by atoms with Gasteiger partial charge in [0.2, 0.25) is 10.3 Å². The Morgan fingerprint density at radius 2 is 1.84 bits per heavy atom. The van der Waals surface area contributed by atoms with Crippen molar-refractivity contribution in [3.63, 3.8) is 0 Å². The predicted molar refractivity (Wildman–Crippen MR) is 63.7 cm³/mol. The maximum atomic E-state index is 12.3. The number of nitrogens with one attached hydrogen (secondary N) is 1. The van der Waals surface area contributed by atoms with Crippen LogP contribution in [0.25, 0.3) is 0 Å². The number of aromatic nitrogens is 2. The lowest BCUT2D eigenvalue weighted by Crippen LogP contribution is -2.12. The van der Waals surface area contributed by atoms with Gasteiger partial charge in [-0.3, -0.25) is 10.1 Å². The molecule has 5 nitrogen and oxygen atoms in total. The molecule has 1 heterocycles. The average Bonchev–Trinajstić information content (AvgIpc) is 2.74. The molecule has 0 atom stereocenters. The van der Waals surface area contributed by atoms with Crippen molar-refractivity contribution in [2.45, 2.75) is 6.18 Å². The van der Waals surface area contributed by atoms with E-state index < -0.39 is 17.6 Å². The summed E-state index contributed by atoms with van der Waals surface area (Å²) in [7, 11) is 0. The second kappa shape index (κ2) is 4.84. The summed E-state index contributed by atoms with van der Waals surface area (Å²) >= 11 is 0.962. The molecule has 0 aliphatic carbocycles. The van der Waals surface area contributed by atoms with Crippen molar-refractivity contribution in [2.24, 2.45) is 0 Å². The summed E-state index contributed by atoms with van der Waals surface area (Å²) in [5.41, 5.74) is 4.60. The zero-order valence-corrected chi connectivity index (χ0v) is 10.0. The lowest BCUT2D eigenvalue weighted by molar-refractivity contribution is -0.137. The first-order valence-electron chi connectivity index (χ1n) is 4.94. The van der Waals surface area contributed by atoms with Crippen LogP contribution in [0, 0.1) is 0 Å². The molecule has 0 bridgehead atoms. The number of anilines is 2. The van der Waals surface area contributed by atoms with E-state index in [4.69, 9.17) is 5.73 Å². The molecule has 19 heavy (non-hydrogen) atoms. The fourth-order valence-electron chi connectivity index (χ4n) is 1.26. The highest BCUT2D eigenvalue weighted by Gasteiger charge is 2.30. The van der Waals surface area contributed by atoms with Crippen LogP contribution in [-0.4, -0.2) is 16.1 Å². The molecule has 0 aliphatic heterocycles. The fraction of sp³-hybridized carbons (Fsp3) is 0.100. The average molecular weight is 288 g/mol. The van der Waals surface area contributed by atoms with Gasteiger partial charge in [0.15, 0.2) is 0 Å². The molecule has 100 valence electrons. The summed E-state index contributed by atoms with van der Waals surface area (Å²) in [6, 6.07) is 3.85. The van der Waals surface area contributed by atoms with E-state index in [-0.39, 0.29) is 15.8 Å². The Kier molecular flexibility index (Phi) is 3.38. The van der Waals surface area contributed by atoms with Crippen molar-refractivity contribution in [3.8, 4) is 0 Å². The van der Waals surface area contributed by atoms with Crippen molar-refractivity contribution in [3.05, 3.63) is 35.4 Å². The smallest absolute Gasteiger partial charge is 0.374 e. The monoisotopic (exact) mass is 288 g/mol. The van der Waals surface area contributed by atoms with Gasteiger partial charge in [-0.15, -0.1) is 10.2 Å². The van der Waals surface area contributed by atoms with Crippen LogP contribution in [-0.2, 0) is 6.18 Å². The Morgan fingerprint density at radius 3 is 2.32 bits per heavy atom. The number of halogens is 3. The molecule has 1 aromatic heterocycles. The highest BCUT2D eigenvalue weighted by Crippen LogP contribution is 2.29. The summed E-state index contributed by atoms with van der Waals surface area (Å²) in [5, 5.41) is 9.81. The van der Waals surface area contributed by atoms with Gasteiger partial charge < -0.3 is 5.73 Å². The first-order chi connectivity index (χ1) is 8.86. The first-order valence-corrected chi connectivity index (χ1v) is 5.75. The summed E-state index contributed by atoms with van der Waals surface area (Å²) in [6.07, 6.45) is -4.43. The highest BCUT2D eigenvalue weighted by atomic mass is 32.1. The van der Waals surface area contributed by atoms with E-state index >= 15 is 0 Å². The van der Waals surface area contributed by atoms with E-state index in [2.05, 4.69) is 15.5 Å². The number of nitrogen functional groups attached to an aromatic ring is 1. The molecule has 1 amide bonds. The normalized spacial score (nSPS) is 11.3. The number of nitrogens with zero attached hydrogens (tertiary/aromatic N) is 2. The van der Waals surface area contributed by atoms with Crippen molar-refractivity contribution >= 4 is 27.5 Å². The van der Waals surface area contributed by atoms with Gasteiger partial charge in [0.05, 0.1) is 5.56 Å². The zero-order valence-electron chi connectivity index (χ0n) is 9.23. The molecular formula is C10H7F3N4OS. The van der Waals surface area contributed by atoms with Crippen LogP contribution in [0.4, 0.5) is 23.4 Å². The summed E-state index contributed by atoms with van der Waals surface area (Å²) in [5.74, 6) is -0.579. The van der Waals surface area contributed by atoms with Gasteiger partial charge in [0.1, 0.15) is 0 Å². The molecule has 0 fully saturated rings. The number of hydrogen-bond acceptors (Lipinski definition) is 5. The van der Waals surface area contributed by atoms with Gasteiger partial charge in [-0.05, 0) is 24.3 Å². The topological polar surface area (TPSA) is 80.9 Å². The van der Waals surface area contributed by atoms with Crippen LogP contribution < -0.4 is 11.1 Å². The quantitative estimate of drug-likeness (QED) is 0.889. The second-order valence-corrected chi connectivity index (χ2v) is 4.48. The van der Waals surface area contributed by atoms with Gasteiger partial charge in [-0.25, -0.2) is 0 Å². The van der Waals surface area contributed by atoms with Gasteiger partial charge >= 0.3 is 6.18 Å². The van der Waals surface area contributed by atoms with Crippen LogP contribution >= 0.6 is 11.3 Å².